The van der Waals surface area contributed by atoms with Gasteiger partial charge in [0.1, 0.15) is 6.10 Å². The molecule has 0 fully saturated rings. The highest BCUT2D eigenvalue weighted by Crippen LogP contribution is 2.11. The highest BCUT2D eigenvalue weighted by molar-refractivity contribution is 5.69. The zero-order valence-electron chi connectivity index (χ0n) is 27.0. The van der Waals surface area contributed by atoms with Gasteiger partial charge in [0, 0.05) is 13.0 Å². The maximum absolute atomic E-state index is 12.1. The SMILES string of the molecule is CC/C=C\C/C=C\C/C=C\CCCCCCCC(=O)OC(CO)COCCCCCCCC/C=C\CCCCCC. The number of carbonyl (C=O) groups excluding carboxylic acids is 1. The summed E-state index contributed by atoms with van der Waals surface area (Å²) in [6, 6.07) is 0. The third-order valence-corrected chi connectivity index (χ3v) is 7.14. The van der Waals surface area contributed by atoms with Crippen molar-refractivity contribution in [2.75, 3.05) is 19.8 Å². The van der Waals surface area contributed by atoms with Crippen LogP contribution in [0.15, 0.2) is 48.6 Å². The summed E-state index contributed by atoms with van der Waals surface area (Å²) in [6.07, 6.45) is 42.8. The molecule has 1 unspecified atom stereocenters. The molecule has 4 nitrogen and oxygen atoms in total. The molecule has 1 N–H and O–H groups in total. The second-order valence-electron chi connectivity index (χ2n) is 11.2. The molecule has 0 amide bonds. The summed E-state index contributed by atoms with van der Waals surface area (Å²) in [5, 5.41) is 9.53. The van der Waals surface area contributed by atoms with Crippen LogP contribution in [0.2, 0.25) is 0 Å². The highest BCUT2D eigenvalue weighted by Gasteiger charge is 2.13. The first-order chi connectivity index (χ1) is 20.2. The van der Waals surface area contributed by atoms with E-state index in [1.165, 1.54) is 83.5 Å². The molecule has 0 aromatic rings. The number of unbranched alkanes of at least 4 members (excludes halogenated alkanes) is 15. The van der Waals surface area contributed by atoms with Crippen molar-refractivity contribution in [3.63, 3.8) is 0 Å². The van der Waals surface area contributed by atoms with Crippen molar-refractivity contribution in [1.82, 2.24) is 0 Å². The Kier molecular flexibility index (Phi) is 33.2. The first kappa shape index (κ1) is 39.4. The summed E-state index contributed by atoms with van der Waals surface area (Å²) in [5.74, 6) is -0.222. The van der Waals surface area contributed by atoms with Gasteiger partial charge < -0.3 is 14.6 Å². The lowest BCUT2D eigenvalue weighted by Gasteiger charge is -2.15. The third-order valence-electron chi connectivity index (χ3n) is 7.14. The van der Waals surface area contributed by atoms with Crippen LogP contribution in [0.1, 0.15) is 155 Å². The standard InChI is InChI=1S/C37H66O4/c1-3-5-7-9-11-13-15-17-19-20-22-24-26-28-30-32-37(39)41-36(34-38)35-40-33-31-29-27-25-23-21-18-16-14-12-10-8-6-4-2/h5,7,11,13-14,16-17,19,36,38H,3-4,6,8-10,12,15,18,20-35H2,1-2H3/b7-5-,13-11-,16-14-,19-17-. The lowest BCUT2D eigenvalue weighted by molar-refractivity contribution is -0.154. The predicted molar refractivity (Wildman–Crippen MR) is 177 cm³/mol. The van der Waals surface area contributed by atoms with Gasteiger partial charge in [-0.2, -0.15) is 0 Å². The summed E-state index contributed by atoms with van der Waals surface area (Å²) in [4.78, 5) is 12.1. The average molecular weight is 575 g/mol. The van der Waals surface area contributed by atoms with Crippen molar-refractivity contribution >= 4 is 5.97 Å². The maximum atomic E-state index is 12.1. The van der Waals surface area contributed by atoms with Gasteiger partial charge in [-0.3, -0.25) is 4.79 Å². The molecule has 0 aliphatic carbocycles. The van der Waals surface area contributed by atoms with Crippen molar-refractivity contribution in [2.24, 2.45) is 0 Å². The second kappa shape index (κ2) is 34.6. The molecule has 0 heterocycles. The molecule has 0 aliphatic rings. The number of esters is 1. The van der Waals surface area contributed by atoms with E-state index in [1.54, 1.807) is 0 Å². The zero-order chi connectivity index (χ0) is 29.9. The van der Waals surface area contributed by atoms with Gasteiger partial charge in [0.25, 0.3) is 0 Å². The van der Waals surface area contributed by atoms with E-state index in [2.05, 4.69) is 62.5 Å². The molecule has 0 spiro atoms. The van der Waals surface area contributed by atoms with Gasteiger partial charge in [-0.05, 0) is 70.6 Å². The van der Waals surface area contributed by atoms with E-state index >= 15 is 0 Å². The monoisotopic (exact) mass is 574 g/mol. The first-order valence-corrected chi connectivity index (χ1v) is 17.2. The number of hydrogen-bond donors (Lipinski definition) is 1. The van der Waals surface area contributed by atoms with Crippen LogP contribution in [0.3, 0.4) is 0 Å². The first-order valence-electron chi connectivity index (χ1n) is 17.2. The molecular formula is C37H66O4. The normalized spacial score (nSPS) is 13.0. The van der Waals surface area contributed by atoms with Gasteiger partial charge >= 0.3 is 5.97 Å². The van der Waals surface area contributed by atoms with Crippen LogP contribution >= 0.6 is 0 Å². The fourth-order valence-corrected chi connectivity index (χ4v) is 4.57. The molecule has 0 saturated heterocycles. The number of carbonyl (C=O) groups is 1. The highest BCUT2D eigenvalue weighted by atomic mass is 16.6. The van der Waals surface area contributed by atoms with Crippen LogP contribution in [0.4, 0.5) is 0 Å². The van der Waals surface area contributed by atoms with E-state index in [4.69, 9.17) is 9.47 Å². The van der Waals surface area contributed by atoms with Crippen molar-refractivity contribution in [2.45, 2.75) is 161 Å². The van der Waals surface area contributed by atoms with Crippen molar-refractivity contribution in [3.05, 3.63) is 48.6 Å². The van der Waals surface area contributed by atoms with Crippen molar-refractivity contribution in [1.29, 1.82) is 0 Å². The number of aliphatic hydroxyl groups excluding tert-OH is 1. The largest absolute Gasteiger partial charge is 0.457 e. The molecule has 0 saturated carbocycles. The molecule has 1 atom stereocenters. The lowest BCUT2D eigenvalue weighted by Crippen LogP contribution is -2.27. The Morgan fingerprint density at radius 2 is 1.10 bits per heavy atom. The molecule has 0 rings (SSSR count). The number of aliphatic hydroxyl groups is 1. The fourth-order valence-electron chi connectivity index (χ4n) is 4.57. The van der Waals surface area contributed by atoms with Crippen LogP contribution in [0.25, 0.3) is 0 Å². The van der Waals surface area contributed by atoms with Crippen LogP contribution < -0.4 is 0 Å². The minimum absolute atomic E-state index is 0.182. The number of ether oxygens (including phenoxy) is 2. The zero-order valence-corrected chi connectivity index (χ0v) is 27.0. The van der Waals surface area contributed by atoms with E-state index in [1.807, 2.05) is 0 Å². The van der Waals surface area contributed by atoms with E-state index < -0.39 is 6.10 Å². The van der Waals surface area contributed by atoms with Gasteiger partial charge in [0.2, 0.25) is 0 Å². The van der Waals surface area contributed by atoms with Crippen LogP contribution in [0.5, 0.6) is 0 Å². The molecule has 0 radical (unpaired) electrons. The molecule has 0 aromatic carbocycles. The van der Waals surface area contributed by atoms with E-state index in [9.17, 15) is 9.90 Å². The van der Waals surface area contributed by atoms with E-state index in [0.29, 0.717) is 13.0 Å². The van der Waals surface area contributed by atoms with Gasteiger partial charge in [0.15, 0.2) is 0 Å². The minimum Gasteiger partial charge on any atom is -0.457 e. The summed E-state index contributed by atoms with van der Waals surface area (Å²) < 4.78 is 11.1. The van der Waals surface area contributed by atoms with Crippen LogP contribution in [-0.2, 0) is 14.3 Å². The number of rotatable bonds is 31. The minimum atomic E-state index is -0.545. The maximum Gasteiger partial charge on any atom is 0.306 e. The summed E-state index contributed by atoms with van der Waals surface area (Å²) in [6.45, 7) is 5.18. The molecular weight excluding hydrogens is 508 g/mol. The summed E-state index contributed by atoms with van der Waals surface area (Å²) in [5.41, 5.74) is 0. The molecule has 41 heavy (non-hydrogen) atoms. The quantitative estimate of drug-likeness (QED) is 0.0508. The van der Waals surface area contributed by atoms with Gasteiger partial charge in [-0.1, -0.05) is 127 Å². The van der Waals surface area contributed by atoms with Gasteiger partial charge in [-0.15, -0.1) is 0 Å². The summed E-state index contributed by atoms with van der Waals surface area (Å²) >= 11 is 0. The second-order valence-corrected chi connectivity index (χ2v) is 11.2. The molecule has 4 heteroatoms. The number of allylic oxidation sites excluding steroid dienone is 8. The Bertz CT molecular complexity index is 649. The topological polar surface area (TPSA) is 55.8 Å². The smallest absolute Gasteiger partial charge is 0.306 e. The van der Waals surface area contributed by atoms with Gasteiger partial charge in [-0.25, -0.2) is 0 Å². The Morgan fingerprint density at radius 3 is 1.68 bits per heavy atom. The van der Waals surface area contributed by atoms with Crippen molar-refractivity contribution in [3.8, 4) is 0 Å². The Hall–Kier alpha value is -1.65. The molecule has 0 aliphatic heterocycles. The average Bonchev–Trinajstić information content (AvgIpc) is 2.98. The lowest BCUT2D eigenvalue weighted by atomic mass is 10.1. The Balaban J connectivity index is 3.51. The Labute approximate surface area is 254 Å². The van der Waals surface area contributed by atoms with Crippen molar-refractivity contribution < 1.29 is 19.4 Å². The summed E-state index contributed by atoms with van der Waals surface area (Å²) in [7, 11) is 0. The third kappa shape index (κ3) is 32.7. The van der Waals surface area contributed by atoms with E-state index in [0.717, 1.165) is 51.4 Å². The molecule has 0 aromatic heterocycles. The number of hydrogen-bond acceptors (Lipinski definition) is 4. The van der Waals surface area contributed by atoms with Crippen LogP contribution in [-0.4, -0.2) is 37.0 Å². The predicted octanol–water partition coefficient (Wildman–Crippen LogP) is 10.8. The molecule has 238 valence electrons. The van der Waals surface area contributed by atoms with Crippen LogP contribution in [0, 0.1) is 0 Å². The van der Waals surface area contributed by atoms with Gasteiger partial charge in [0.05, 0.1) is 13.2 Å². The Morgan fingerprint density at radius 1 is 0.610 bits per heavy atom. The fraction of sp³-hybridized carbons (Fsp3) is 0.757. The van der Waals surface area contributed by atoms with E-state index in [-0.39, 0.29) is 19.2 Å². The molecule has 0 bridgehead atoms.